The summed E-state index contributed by atoms with van der Waals surface area (Å²) >= 11 is 0. The Balaban J connectivity index is 1.33. The molecule has 1 aliphatic heterocycles. The molecule has 0 radical (unpaired) electrons. The van der Waals surface area contributed by atoms with Crippen LogP contribution in [0.2, 0.25) is 0 Å². The van der Waals surface area contributed by atoms with Gasteiger partial charge in [0.2, 0.25) is 5.91 Å². The van der Waals surface area contributed by atoms with Crippen LogP contribution in [0.4, 0.5) is 0 Å². The van der Waals surface area contributed by atoms with E-state index in [9.17, 15) is 4.79 Å². The van der Waals surface area contributed by atoms with Crippen LogP contribution in [0.5, 0.6) is 0 Å². The first-order chi connectivity index (χ1) is 14.1. The number of carbonyl (C=O) groups is 1. The van der Waals surface area contributed by atoms with Gasteiger partial charge in [0, 0.05) is 31.2 Å². The number of tetrazole rings is 1. The minimum atomic E-state index is -0.131. The number of rotatable bonds is 6. The number of carbonyl (C=O) groups excluding carboxylic acids is 1. The van der Waals surface area contributed by atoms with Crippen LogP contribution in [0.3, 0.4) is 0 Å². The number of nitrogens with zero attached hydrogens (tertiary/aromatic N) is 6. The van der Waals surface area contributed by atoms with Gasteiger partial charge in [0.25, 0.3) is 0 Å². The third-order valence-electron chi connectivity index (χ3n) is 4.92. The van der Waals surface area contributed by atoms with Gasteiger partial charge in [-0.15, -0.1) is 5.10 Å². The van der Waals surface area contributed by atoms with E-state index >= 15 is 0 Å². The van der Waals surface area contributed by atoms with Crippen molar-refractivity contribution in [1.29, 1.82) is 0 Å². The van der Waals surface area contributed by atoms with Gasteiger partial charge >= 0.3 is 0 Å². The molecule has 1 N–H and O–H groups in total. The molecule has 2 atom stereocenters. The summed E-state index contributed by atoms with van der Waals surface area (Å²) < 4.78 is 7.32. The van der Waals surface area contributed by atoms with Gasteiger partial charge in [0.1, 0.15) is 6.54 Å². The SMILES string of the molecule is C[C@@H]1CN(Cc2nnnn2CC(=O)NCc2ccc3ncccc3c2)C[C@H](C)O1. The second-order valence-corrected chi connectivity index (χ2v) is 7.51. The first kappa shape index (κ1) is 19.4. The van der Waals surface area contributed by atoms with Crippen LogP contribution in [-0.4, -0.2) is 61.3 Å². The highest BCUT2D eigenvalue weighted by atomic mass is 16.5. The van der Waals surface area contributed by atoms with Crippen molar-refractivity contribution in [2.24, 2.45) is 0 Å². The zero-order chi connectivity index (χ0) is 20.2. The van der Waals surface area contributed by atoms with E-state index in [0.717, 1.165) is 29.6 Å². The van der Waals surface area contributed by atoms with Crippen LogP contribution in [0.15, 0.2) is 36.5 Å². The van der Waals surface area contributed by atoms with Crippen molar-refractivity contribution in [2.45, 2.75) is 45.7 Å². The smallest absolute Gasteiger partial charge is 0.242 e. The third kappa shape index (κ3) is 4.93. The molecule has 3 aromatic rings. The molecule has 0 saturated carbocycles. The Morgan fingerprint density at radius 3 is 2.90 bits per heavy atom. The lowest BCUT2D eigenvalue weighted by molar-refractivity contribution is -0.122. The van der Waals surface area contributed by atoms with E-state index < -0.39 is 0 Å². The van der Waals surface area contributed by atoms with Crippen LogP contribution >= 0.6 is 0 Å². The minimum Gasteiger partial charge on any atom is -0.373 e. The highest BCUT2D eigenvalue weighted by molar-refractivity contribution is 5.79. The molecule has 3 heterocycles. The molecule has 0 aliphatic carbocycles. The van der Waals surface area contributed by atoms with Gasteiger partial charge in [-0.05, 0) is 48.0 Å². The summed E-state index contributed by atoms with van der Waals surface area (Å²) in [4.78, 5) is 19.0. The van der Waals surface area contributed by atoms with Crippen molar-refractivity contribution in [3.05, 3.63) is 47.9 Å². The molecule has 9 heteroatoms. The fourth-order valence-electron chi connectivity index (χ4n) is 3.70. The number of benzene rings is 1. The van der Waals surface area contributed by atoms with E-state index in [4.69, 9.17) is 4.74 Å². The third-order valence-corrected chi connectivity index (χ3v) is 4.92. The Morgan fingerprint density at radius 2 is 2.07 bits per heavy atom. The number of hydrogen-bond acceptors (Lipinski definition) is 7. The van der Waals surface area contributed by atoms with Crippen molar-refractivity contribution < 1.29 is 9.53 Å². The van der Waals surface area contributed by atoms with Crippen molar-refractivity contribution in [3.63, 3.8) is 0 Å². The van der Waals surface area contributed by atoms with Crippen LogP contribution in [0, 0.1) is 0 Å². The van der Waals surface area contributed by atoms with E-state index in [1.807, 2.05) is 30.3 Å². The van der Waals surface area contributed by atoms with Gasteiger partial charge in [-0.2, -0.15) is 0 Å². The highest BCUT2D eigenvalue weighted by Gasteiger charge is 2.24. The van der Waals surface area contributed by atoms with Crippen LogP contribution < -0.4 is 5.32 Å². The van der Waals surface area contributed by atoms with E-state index in [1.54, 1.807) is 10.9 Å². The first-order valence-corrected chi connectivity index (χ1v) is 9.80. The summed E-state index contributed by atoms with van der Waals surface area (Å²) in [6.45, 7) is 6.88. The molecular weight excluding hydrogens is 370 g/mol. The van der Waals surface area contributed by atoms with Crippen molar-refractivity contribution in [2.75, 3.05) is 13.1 Å². The number of morpholine rings is 1. The van der Waals surface area contributed by atoms with Gasteiger partial charge in [0.15, 0.2) is 5.82 Å². The Morgan fingerprint density at radius 1 is 1.24 bits per heavy atom. The molecule has 152 valence electrons. The standard InChI is InChI=1S/C20H25N7O2/c1-14-10-26(11-15(2)29-14)12-19-23-24-25-27(19)13-20(28)22-9-16-5-6-18-17(8-16)4-3-7-21-18/h3-8,14-15H,9-13H2,1-2H3,(H,22,28)/t14-,15+. The lowest BCUT2D eigenvalue weighted by Crippen LogP contribution is -2.45. The molecule has 29 heavy (non-hydrogen) atoms. The summed E-state index contributed by atoms with van der Waals surface area (Å²) in [5.41, 5.74) is 1.96. The molecule has 1 fully saturated rings. The maximum atomic E-state index is 12.4. The fourth-order valence-corrected chi connectivity index (χ4v) is 3.70. The van der Waals surface area contributed by atoms with Crippen LogP contribution in [0.1, 0.15) is 25.2 Å². The van der Waals surface area contributed by atoms with E-state index in [0.29, 0.717) is 18.9 Å². The summed E-state index contributed by atoms with van der Waals surface area (Å²) in [7, 11) is 0. The summed E-state index contributed by atoms with van der Waals surface area (Å²) in [5.74, 6) is 0.548. The van der Waals surface area contributed by atoms with Crippen LogP contribution in [0.25, 0.3) is 10.9 Å². The number of ether oxygens (including phenoxy) is 1. The second kappa shape index (κ2) is 8.62. The number of hydrogen-bond donors (Lipinski definition) is 1. The summed E-state index contributed by atoms with van der Waals surface area (Å²) in [6.07, 6.45) is 2.11. The van der Waals surface area contributed by atoms with E-state index in [2.05, 4.69) is 44.6 Å². The van der Waals surface area contributed by atoms with Crippen molar-refractivity contribution in [3.8, 4) is 0 Å². The molecule has 0 unspecified atom stereocenters. The monoisotopic (exact) mass is 395 g/mol. The van der Waals surface area contributed by atoms with Gasteiger partial charge < -0.3 is 10.1 Å². The number of nitrogens with one attached hydrogen (secondary N) is 1. The second-order valence-electron chi connectivity index (χ2n) is 7.51. The summed E-state index contributed by atoms with van der Waals surface area (Å²) in [5, 5.41) is 15.8. The molecule has 0 spiro atoms. The lowest BCUT2D eigenvalue weighted by Gasteiger charge is -2.34. The Bertz CT molecular complexity index is 980. The minimum absolute atomic E-state index is 0.0902. The molecule has 1 amide bonds. The Hall–Kier alpha value is -2.91. The lowest BCUT2D eigenvalue weighted by atomic mass is 10.1. The topological polar surface area (TPSA) is 98.1 Å². The zero-order valence-electron chi connectivity index (χ0n) is 16.7. The molecule has 4 rings (SSSR count). The maximum absolute atomic E-state index is 12.4. The Kier molecular flexibility index (Phi) is 5.77. The van der Waals surface area contributed by atoms with Crippen molar-refractivity contribution >= 4 is 16.8 Å². The van der Waals surface area contributed by atoms with Gasteiger partial charge in [0.05, 0.1) is 24.3 Å². The van der Waals surface area contributed by atoms with E-state index in [-0.39, 0.29) is 24.7 Å². The molecule has 9 nitrogen and oxygen atoms in total. The molecule has 1 saturated heterocycles. The number of fused-ring (bicyclic) bond motifs is 1. The molecule has 1 aliphatic rings. The van der Waals surface area contributed by atoms with Gasteiger partial charge in [-0.3, -0.25) is 14.7 Å². The van der Waals surface area contributed by atoms with E-state index in [1.165, 1.54) is 0 Å². The fraction of sp³-hybridized carbons (Fsp3) is 0.450. The average molecular weight is 395 g/mol. The molecule has 1 aromatic carbocycles. The number of pyridine rings is 1. The average Bonchev–Trinajstić information content (AvgIpc) is 3.12. The quantitative estimate of drug-likeness (QED) is 0.668. The first-order valence-electron chi connectivity index (χ1n) is 9.80. The zero-order valence-corrected chi connectivity index (χ0v) is 16.7. The highest BCUT2D eigenvalue weighted by Crippen LogP contribution is 2.14. The van der Waals surface area contributed by atoms with Crippen LogP contribution in [-0.2, 0) is 29.2 Å². The molecule has 0 bridgehead atoms. The van der Waals surface area contributed by atoms with Gasteiger partial charge in [-0.25, -0.2) is 4.68 Å². The number of aromatic nitrogens is 5. The molecule has 2 aromatic heterocycles. The predicted molar refractivity (Wildman–Crippen MR) is 107 cm³/mol. The Labute approximate surface area is 169 Å². The van der Waals surface area contributed by atoms with Crippen molar-refractivity contribution in [1.82, 2.24) is 35.4 Å². The molecular formula is C20H25N7O2. The largest absolute Gasteiger partial charge is 0.373 e. The summed E-state index contributed by atoms with van der Waals surface area (Å²) in [6, 6.07) is 9.87. The maximum Gasteiger partial charge on any atom is 0.242 e. The predicted octanol–water partition coefficient (Wildman–Crippen LogP) is 1.15. The normalized spacial score (nSPS) is 20.1. The van der Waals surface area contributed by atoms with Gasteiger partial charge in [-0.1, -0.05) is 12.1 Å². The number of amides is 1.